The molecule has 108 valence electrons. The van der Waals surface area contributed by atoms with Crippen molar-refractivity contribution in [1.82, 2.24) is 4.98 Å². The third-order valence-electron chi connectivity index (χ3n) is 4.10. The van der Waals surface area contributed by atoms with Gasteiger partial charge in [-0.1, -0.05) is 38.5 Å². The van der Waals surface area contributed by atoms with E-state index in [0.717, 1.165) is 34.7 Å². The minimum Gasteiger partial charge on any atom is -0.391 e. The lowest BCUT2D eigenvalue weighted by atomic mass is 9.98. The van der Waals surface area contributed by atoms with Gasteiger partial charge >= 0.3 is 0 Å². The lowest BCUT2D eigenvalue weighted by Gasteiger charge is -2.19. The number of thiazole rings is 1. The van der Waals surface area contributed by atoms with Crippen LogP contribution in [0.5, 0.6) is 0 Å². The van der Waals surface area contributed by atoms with Crippen molar-refractivity contribution in [3.05, 3.63) is 10.6 Å². The summed E-state index contributed by atoms with van der Waals surface area (Å²) < 4.78 is 0. The third kappa shape index (κ3) is 3.48. The minimum atomic E-state index is 0.122. The van der Waals surface area contributed by atoms with Crippen molar-refractivity contribution in [3.8, 4) is 0 Å². The average molecular weight is 282 g/mol. The maximum atomic E-state index is 9.47. The molecule has 0 bridgehead atoms. The van der Waals surface area contributed by atoms with Crippen molar-refractivity contribution in [2.75, 3.05) is 18.0 Å². The molecule has 1 aliphatic heterocycles. The van der Waals surface area contributed by atoms with Crippen molar-refractivity contribution in [2.24, 2.45) is 5.92 Å². The molecule has 1 N–H and O–H groups in total. The first-order valence-corrected chi connectivity index (χ1v) is 8.32. The van der Waals surface area contributed by atoms with E-state index in [0.29, 0.717) is 5.92 Å². The van der Waals surface area contributed by atoms with E-state index in [1.54, 1.807) is 11.3 Å². The quantitative estimate of drug-likeness (QED) is 0.913. The second-order valence-corrected chi connectivity index (χ2v) is 6.87. The number of nitrogens with zero attached hydrogens (tertiary/aromatic N) is 2. The predicted molar refractivity (Wildman–Crippen MR) is 82.0 cm³/mol. The molecule has 1 aromatic rings. The highest BCUT2D eigenvalue weighted by atomic mass is 32.1. The van der Waals surface area contributed by atoms with Gasteiger partial charge in [0.05, 0.1) is 17.2 Å². The topological polar surface area (TPSA) is 36.4 Å². The van der Waals surface area contributed by atoms with Crippen molar-refractivity contribution in [3.63, 3.8) is 0 Å². The molecule has 1 aliphatic rings. The van der Waals surface area contributed by atoms with Crippen molar-refractivity contribution in [1.29, 1.82) is 0 Å². The highest BCUT2D eigenvalue weighted by Gasteiger charge is 2.21. The molecule has 0 aromatic carbocycles. The third-order valence-corrected chi connectivity index (χ3v) is 5.22. The number of aliphatic hydroxyl groups is 1. The second-order valence-electron chi connectivity index (χ2n) is 5.81. The Morgan fingerprint density at radius 1 is 1.37 bits per heavy atom. The van der Waals surface area contributed by atoms with Crippen molar-refractivity contribution < 1.29 is 5.11 Å². The average Bonchev–Trinajstić information content (AvgIpc) is 2.70. The number of anilines is 1. The highest BCUT2D eigenvalue weighted by Crippen LogP contribution is 2.32. The summed E-state index contributed by atoms with van der Waals surface area (Å²) in [6.07, 6.45) is 5.19. The molecule has 1 fully saturated rings. The normalized spacial score (nSPS) is 20.9. The van der Waals surface area contributed by atoms with Gasteiger partial charge in [0, 0.05) is 13.1 Å². The summed E-state index contributed by atoms with van der Waals surface area (Å²) in [4.78, 5) is 8.25. The van der Waals surface area contributed by atoms with Gasteiger partial charge in [0.1, 0.15) is 0 Å². The van der Waals surface area contributed by atoms with E-state index >= 15 is 0 Å². The summed E-state index contributed by atoms with van der Waals surface area (Å²) in [5.41, 5.74) is 1.08. The Hall–Kier alpha value is -0.610. The Kier molecular flexibility index (Phi) is 5.22. The number of hydrogen-bond acceptors (Lipinski definition) is 4. The molecule has 1 atom stereocenters. The number of aliphatic hydroxyl groups excluding tert-OH is 1. The zero-order valence-electron chi connectivity index (χ0n) is 12.4. The lowest BCUT2D eigenvalue weighted by Crippen LogP contribution is -2.24. The van der Waals surface area contributed by atoms with Crippen LogP contribution in [0.25, 0.3) is 0 Å². The van der Waals surface area contributed by atoms with Crippen LogP contribution in [0.2, 0.25) is 0 Å². The number of aromatic nitrogens is 1. The Balaban J connectivity index is 2.13. The van der Waals surface area contributed by atoms with Crippen LogP contribution in [0.3, 0.4) is 0 Å². The van der Waals surface area contributed by atoms with Crippen molar-refractivity contribution >= 4 is 16.5 Å². The molecule has 1 aromatic heterocycles. The van der Waals surface area contributed by atoms with Crippen LogP contribution in [0.1, 0.15) is 62.9 Å². The minimum absolute atomic E-state index is 0.122. The molecule has 3 nitrogen and oxygen atoms in total. The fraction of sp³-hybridized carbons (Fsp3) is 0.800. The molecule has 1 saturated heterocycles. The zero-order valence-corrected chi connectivity index (χ0v) is 13.2. The highest BCUT2D eigenvalue weighted by molar-refractivity contribution is 7.15. The van der Waals surface area contributed by atoms with Gasteiger partial charge in [0.25, 0.3) is 0 Å². The van der Waals surface area contributed by atoms with E-state index in [9.17, 15) is 5.11 Å². The van der Waals surface area contributed by atoms with Gasteiger partial charge in [0.2, 0.25) is 0 Å². The van der Waals surface area contributed by atoms with Crippen LogP contribution in [0.15, 0.2) is 0 Å². The molecular weight excluding hydrogens is 256 g/mol. The van der Waals surface area contributed by atoms with Crippen LogP contribution in [-0.4, -0.2) is 23.2 Å². The van der Waals surface area contributed by atoms with Crippen LogP contribution < -0.4 is 4.90 Å². The molecule has 2 rings (SSSR count). The van der Waals surface area contributed by atoms with Crippen molar-refractivity contribution in [2.45, 2.75) is 59.0 Å². The van der Waals surface area contributed by atoms with Gasteiger partial charge in [-0.05, 0) is 31.1 Å². The van der Waals surface area contributed by atoms with E-state index in [2.05, 4.69) is 25.7 Å². The molecule has 0 spiro atoms. The first-order valence-electron chi connectivity index (χ1n) is 7.51. The molecule has 19 heavy (non-hydrogen) atoms. The SMILES string of the molecule is CCC1CCCN(c2nc(C(C)C)c(CO)s2)CC1. The Labute approximate surface area is 120 Å². The maximum Gasteiger partial charge on any atom is 0.185 e. The van der Waals surface area contributed by atoms with E-state index < -0.39 is 0 Å². The van der Waals surface area contributed by atoms with Crippen LogP contribution in [-0.2, 0) is 6.61 Å². The van der Waals surface area contributed by atoms with Crippen LogP contribution >= 0.6 is 11.3 Å². The maximum absolute atomic E-state index is 9.47. The molecule has 0 aliphatic carbocycles. The van der Waals surface area contributed by atoms with E-state index in [1.807, 2.05) is 0 Å². The largest absolute Gasteiger partial charge is 0.391 e. The van der Waals surface area contributed by atoms with E-state index in [1.165, 1.54) is 25.7 Å². The van der Waals surface area contributed by atoms with Gasteiger partial charge < -0.3 is 10.0 Å². The number of hydrogen-bond donors (Lipinski definition) is 1. The zero-order chi connectivity index (χ0) is 13.8. The van der Waals surface area contributed by atoms with Gasteiger partial charge in [0.15, 0.2) is 5.13 Å². The smallest absolute Gasteiger partial charge is 0.185 e. The van der Waals surface area contributed by atoms with Gasteiger partial charge in [-0.2, -0.15) is 0 Å². The van der Waals surface area contributed by atoms with Gasteiger partial charge in [-0.15, -0.1) is 0 Å². The Morgan fingerprint density at radius 3 is 2.74 bits per heavy atom. The fourth-order valence-corrected chi connectivity index (χ4v) is 3.94. The summed E-state index contributed by atoms with van der Waals surface area (Å²) in [7, 11) is 0. The first kappa shape index (κ1) is 14.8. The number of rotatable bonds is 4. The van der Waals surface area contributed by atoms with Gasteiger partial charge in [-0.25, -0.2) is 4.98 Å². The van der Waals surface area contributed by atoms with Crippen LogP contribution in [0.4, 0.5) is 5.13 Å². The summed E-state index contributed by atoms with van der Waals surface area (Å²) >= 11 is 1.68. The molecule has 0 saturated carbocycles. The van der Waals surface area contributed by atoms with E-state index in [4.69, 9.17) is 4.98 Å². The summed E-state index contributed by atoms with van der Waals surface area (Å²) in [6.45, 7) is 8.95. The molecule has 0 radical (unpaired) electrons. The first-order chi connectivity index (χ1) is 9.15. The Bertz CT molecular complexity index is 403. The van der Waals surface area contributed by atoms with Crippen LogP contribution in [0, 0.1) is 5.92 Å². The summed E-state index contributed by atoms with van der Waals surface area (Å²) in [5.74, 6) is 1.27. The molecule has 2 heterocycles. The molecule has 1 unspecified atom stereocenters. The fourth-order valence-electron chi connectivity index (χ4n) is 2.82. The molecule has 0 amide bonds. The monoisotopic (exact) mass is 282 g/mol. The molecular formula is C15H26N2OS. The van der Waals surface area contributed by atoms with Gasteiger partial charge in [-0.3, -0.25) is 0 Å². The lowest BCUT2D eigenvalue weighted by molar-refractivity contribution is 0.283. The molecule has 4 heteroatoms. The summed E-state index contributed by atoms with van der Waals surface area (Å²) in [6, 6.07) is 0. The Morgan fingerprint density at radius 2 is 2.16 bits per heavy atom. The second kappa shape index (κ2) is 6.71. The predicted octanol–water partition coefficient (Wildman–Crippen LogP) is 3.78. The van der Waals surface area contributed by atoms with E-state index in [-0.39, 0.29) is 6.61 Å². The summed E-state index contributed by atoms with van der Waals surface area (Å²) in [5, 5.41) is 10.6. The standard InChI is InChI=1S/C15H26N2OS/c1-4-12-6-5-8-17(9-7-12)15-16-14(11(2)3)13(10-18)19-15/h11-12,18H,4-10H2,1-3H3.